The normalized spacial score (nSPS) is 10.1. The monoisotopic (exact) mass is 984 g/mol. The van der Waals surface area contributed by atoms with Gasteiger partial charge < -0.3 is 55.0 Å². The van der Waals surface area contributed by atoms with Crippen LogP contribution in [-0.2, 0) is 63.9 Å². The van der Waals surface area contributed by atoms with Gasteiger partial charge in [-0.05, 0) is 70.8 Å². The molecule has 0 saturated carbocycles. The molecule has 4 aromatic rings. The van der Waals surface area contributed by atoms with E-state index in [1.54, 1.807) is 98.1 Å². The Morgan fingerprint density at radius 2 is 0.571 bits per heavy atom. The molecule has 0 bridgehead atoms. The first-order chi connectivity index (χ1) is 25.2. The second kappa shape index (κ2) is 34.0. The van der Waals surface area contributed by atoms with E-state index in [-0.39, 0.29) is 44.8 Å². The Hall–Kier alpha value is -5.51. The summed E-state index contributed by atoms with van der Waals surface area (Å²) < 4.78 is 78.0. The number of aromatic nitrogens is 4. The van der Waals surface area contributed by atoms with Gasteiger partial charge in [0.1, 0.15) is 0 Å². The molecule has 0 fully saturated rings. The van der Waals surface area contributed by atoms with Crippen LogP contribution in [0.15, 0.2) is 122 Å². The van der Waals surface area contributed by atoms with Crippen LogP contribution in [0.2, 0.25) is 0 Å². The number of carboxylic acids is 4. The van der Waals surface area contributed by atoms with Crippen molar-refractivity contribution < 1.29 is 119 Å². The SMILES string of the molecule is F[B-](F)(F)F.F[B-](F)(F)F.O=C(O)/C=C/c1cccnc1.O=C(O)/C=C/c1cccnc1.O=C(O)/C=C/c1cccnc1.O=C(O)/C=C/c1cccnc1.[Ag+].[Ag+]. The Morgan fingerprint density at radius 3 is 0.679 bits per heavy atom. The number of hydrogen-bond acceptors (Lipinski definition) is 8. The third kappa shape index (κ3) is 50.6. The maximum Gasteiger partial charge on any atom is 1.00 e. The summed E-state index contributed by atoms with van der Waals surface area (Å²) in [4.78, 5) is 55.5. The van der Waals surface area contributed by atoms with Gasteiger partial charge in [0.25, 0.3) is 0 Å². The minimum Gasteiger partial charge on any atom is -0.478 e. The van der Waals surface area contributed by atoms with Crippen molar-refractivity contribution >= 4 is 62.7 Å². The van der Waals surface area contributed by atoms with Gasteiger partial charge >= 0.3 is 83.1 Å². The fourth-order valence-electron chi connectivity index (χ4n) is 2.57. The number of aliphatic carboxylic acids is 4. The van der Waals surface area contributed by atoms with Crippen molar-refractivity contribution in [2.45, 2.75) is 0 Å². The number of carbonyl (C=O) groups is 4. The zero-order chi connectivity index (χ0) is 41.4. The molecule has 0 aromatic carbocycles. The van der Waals surface area contributed by atoms with Crippen LogP contribution in [0, 0.1) is 0 Å². The Balaban J connectivity index is -0.000000295. The molecule has 0 unspecified atom stereocenters. The van der Waals surface area contributed by atoms with Crippen molar-refractivity contribution in [1.29, 1.82) is 0 Å². The van der Waals surface area contributed by atoms with Gasteiger partial charge in [-0.25, -0.2) is 19.2 Å². The van der Waals surface area contributed by atoms with E-state index in [0.717, 1.165) is 46.6 Å². The molecule has 4 N–H and O–H groups in total. The number of rotatable bonds is 8. The van der Waals surface area contributed by atoms with Crippen LogP contribution in [0.5, 0.6) is 0 Å². The van der Waals surface area contributed by atoms with Crippen molar-refractivity contribution in [2.24, 2.45) is 0 Å². The van der Waals surface area contributed by atoms with Crippen LogP contribution >= 0.6 is 0 Å². The second-order valence-electron chi connectivity index (χ2n) is 8.82. The molecule has 12 nitrogen and oxygen atoms in total. The van der Waals surface area contributed by atoms with E-state index < -0.39 is 38.4 Å². The van der Waals surface area contributed by atoms with E-state index in [0.29, 0.717) is 0 Å². The van der Waals surface area contributed by atoms with Gasteiger partial charge in [-0.1, -0.05) is 24.3 Å². The molecule has 0 saturated heterocycles. The van der Waals surface area contributed by atoms with Gasteiger partial charge in [-0.3, -0.25) is 19.9 Å². The molecule has 0 radical (unpaired) electrons. The summed E-state index contributed by atoms with van der Waals surface area (Å²) in [6, 6.07) is 14.1. The van der Waals surface area contributed by atoms with Gasteiger partial charge in [-0.15, -0.1) is 0 Å². The average Bonchev–Trinajstić information content (AvgIpc) is 3.09. The van der Waals surface area contributed by atoms with E-state index in [9.17, 15) is 53.7 Å². The minimum absolute atomic E-state index is 0. The topological polar surface area (TPSA) is 201 Å². The quantitative estimate of drug-likeness (QED) is 0.0781. The summed E-state index contributed by atoms with van der Waals surface area (Å²) in [6.45, 7) is 0. The van der Waals surface area contributed by atoms with Gasteiger partial charge in [-0.2, -0.15) is 0 Å². The maximum atomic E-state index is 10.1. The zero-order valence-corrected chi connectivity index (χ0v) is 30.8. The van der Waals surface area contributed by atoms with Crippen LogP contribution in [0.25, 0.3) is 24.3 Å². The van der Waals surface area contributed by atoms with Crippen LogP contribution in [0.1, 0.15) is 22.3 Å². The maximum absolute atomic E-state index is 10.1. The van der Waals surface area contributed by atoms with Gasteiger partial charge in [0.15, 0.2) is 0 Å². The Labute approximate surface area is 344 Å². The number of carboxylic acid groups (broad SMARTS) is 4. The van der Waals surface area contributed by atoms with Crippen molar-refractivity contribution in [3.63, 3.8) is 0 Å². The number of pyridine rings is 4. The molecule has 0 spiro atoms. The minimum atomic E-state index is -6.00. The Kier molecular flexibility index (Phi) is 34.8. The smallest absolute Gasteiger partial charge is 0.478 e. The van der Waals surface area contributed by atoms with E-state index in [4.69, 9.17) is 20.4 Å². The van der Waals surface area contributed by atoms with Crippen LogP contribution < -0.4 is 0 Å². The second-order valence-corrected chi connectivity index (χ2v) is 8.82. The summed E-state index contributed by atoms with van der Waals surface area (Å²) >= 11 is 0. The first-order valence-electron chi connectivity index (χ1n) is 14.1. The number of hydrogen-bond donors (Lipinski definition) is 4. The van der Waals surface area contributed by atoms with E-state index >= 15 is 0 Å². The zero-order valence-electron chi connectivity index (χ0n) is 27.8. The summed E-state index contributed by atoms with van der Waals surface area (Å²) in [5.74, 6) is -3.80. The Bertz CT molecular complexity index is 1520. The third-order valence-electron chi connectivity index (χ3n) is 4.41. The fourth-order valence-corrected chi connectivity index (χ4v) is 2.57. The third-order valence-corrected chi connectivity index (χ3v) is 4.41. The van der Waals surface area contributed by atoms with Gasteiger partial charge in [0, 0.05) is 73.9 Å². The molecule has 0 atom stereocenters. The first-order valence-corrected chi connectivity index (χ1v) is 14.1. The summed E-state index contributed by atoms with van der Waals surface area (Å²) in [7, 11) is -12.0. The molecule has 0 aliphatic rings. The van der Waals surface area contributed by atoms with Gasteiger partial charge in [0.2, 0.25) is 0 Å². The molecular formula is C32H28Ag2B2F8N4O8. The fraction of sp³-hybridized carbons (Fsp3) is 0. The Morgan fingerprint density at radius 1 is 0.411 bits per heavy atom. The van der Waals surface area contributed by atoms with Crippen molar-refractivity contribution in [2.75, 3.05) is 0 Å². The molecule has 24 heteroatoms. The molecule has 0 aliphatic carbocycles. The van der Waals surface area contributed by atoms with Crippen molar-refractivity contribution in [1.82, 2.24) is 19.9 Å². The van der Waals surface area contributed by atoms with Crippen LogP contribution in [-0.4, -0.2) is 78.7 Å². The molecule has 4 aromatic heterocycles. The van der Waals surface area contributed by atoms with Crippen molar-refractivity contribution in [3.8, 4) is 0 Å². The van der Waals surface area contributed by atoms with E-state index in [1.807, 2.05) is 0 Å². The molecule has 4 rings (SSSR count). The predicted molar refractivity (Wildman–Crippen MR) is 184 cm³/mol. The van der Waals surface area contributed by atoms with Gasteiger partial charge in [0.05, 0.1) is 0 Å². The van der Waals surface area contributed by atoms with Crippen LogP contribution in [0.3, 0.4) is 0 Å². The number of halogens is 8. The molecule has 0 aliphatic heterocycles. The average molecular weight is 986 g/mol. The molecule has 308 valence electrons. The largest absolute Gasteiger partial charge is 1.00 e. The van der Waals surface area contributed by atoms with E-state index in [1.165, 1.54) is 24.3 Å². The molecule has 56 heavy (non-hydrogen) atoms. The van der Waals surface area contributed by atoms with Crippen molar-refractivity contribution in [3.05, 3.63) is 145 Å². The number of nitrogens with zero attached hydrogens (tertiary/aromatic N) is 4. The predicted octanol–water partition coefficient (Wildman–Crippen LogP) is 7.31. The summed E-state index contributed by atoms with van der Waals surface area (Å²) in [5.41, 5.74) is 3.15. The standard InChI is InChI=1S/4C8H7NO2.2Ag.2BF4/c4*10-8(11)4-3-7-2-1-5-9-6-7;;;2*2-1(3,4)5/h4*1-6H,(H,10,11);;;;/q;;;;2*+1;2*-1/b4*4-3+;;;;. The van der Waals surface area contributed by atoms with E-state index in [2.05, 4.69) is 19.9 Å². The first kappa shape index (κ1) is 57.2. The molecular weight excluding hydrogens is 958 g/mol. The molecule has 4 heterocycles. The summed E-state index contributed by atoms with van der Waals surface area (Å²) in [5, 5.41) is 33.1. The summed E-state index contributed by atoms with van der Waals surface area (Å²) in [6.07, 6.45) is 23.2. The molecule has 0 amide bonds. The van der Waals surface area contributed by atoms with Crippen LogP contribution in [0.4, 0.5) is 34.5 Å².